The molecule has 7 nitrogen and oxygen atoms in total. The Balaban J connectivity index is 1.50. The third-order valence-electron chi connectivity index (χ3n) is 10.3. The first-order valence-electron chi connectivity index (χ1n) is 14.9. The van der Waals surface area contributed by atoms with Gasteiger partial charge in [-0.3, -0.25) is 19.7 Å². The van der Waals surface area contributed by atoms with Crippen LogP contribution in [0.15, 0.2) is 36.4 Å². The fourth-order valence-corrected chi connectivity index (χ4v) is 8.96. The fraction of sp³-hybridized carbons (Fsp3) is 0.531. The average Bonchev–Trinajstić information content (AvgIpc) is 3.41. The smallest absolute Gasteiger partial charge is 0.306 e. The maximum atomic E-state index is 14.6. The molecule has 0 bridgehead atoms. The monoisotopic (exact) mass is 597 g/mol. The van der Waals surface area contributed by atoms with E-state index in [4.69, 9.17) is 23.2 Å². The van der Waals surface area contributed by atoms with Crippen molar-refractivity contribution in [3.8, 4) is 0 Å². The summed E-state index contributed by atoms with van der Waals surface area (Å²) in [4.78, 5) is 40.4. The first-order chi connectivity index (χ1) is 19.7. The third-order valence-corrected chi connectivity index (χ3v) is 10.8. The summed E-state index contributed by atoms with van der Waals surface area (Å²) in [5.41, 5.74) is 1.78. The van der Waals surface area contributed by atoms with Gasteiger partial charge in [0, 0.05) is 33.2 Å². The minimum Gasteiger partial charge on any atom is -0.481 e. The highest BCUT2D eigenvalue weighted by Gasteiger charge is 2.72. The maximum absolute atomic E-state index is 14.6. The van der Waals surface area contributed by atoms with E-state index in [0.717, 1.165) is 48.8 Å². The molecule has 2 aromatic carbocycles. The van der Waals surface area contributed by atoms with Crippen LogP contribution in [0.2, 0.25) is 10.0 Å². The third kappa shape index (κ3) is 4.47. The van der Waals surface area contributed by atoms with Crippen molar-refractivity contribution in [1.29, 1.82) is 0 Å². The Bertz CT molecular complexity index is 1380. The maximum Gasteiger partial charge on any atom is 0.306 e. The van der Waals surface area contributed by atoms with Crippen LogP contribution in [0.3, 0.4) is 0 Å². The van der Waals surface area contributed by atoms with Crippen LogP contribution in [0, 0.1) is 5.92 Å². The van der Waals surface area contributed by atoms with E-state index in [2.05, 4.69) is 22.9 Å². The number of halogens is 2. The summed E-state index contributed by atoms with van der Waals surface area (Å²) in [5, 5.41) is 20.9. The lowest BCUT2D eigenvalue weighted by atomic mass is 9.55. The van der Waals surface area contributed by atoms with Gasteiger partial charge in [-0.1, -0.05) is 67.6 Å². The number of carboxylic acid groups (broad SMARTS) is 1. The molecule has 3 atom stereocenters. The van der Waals surface area contributed by atoms with Gasteiger partial charge in [-0.2, -0.15) is 0 Å². The molecule has 2 aliphatic heterocycles. The Labute approximate surface area is 250 Å². The quantitative estimate of drug-likeness (QED) is 0.340. The lowest BCUT2D eigenvalue weighted by Crippen LogP contribution is -2.60. The number of rotatable bonds is 5. The van der Waals surface area contributed by atoms with E-state index < -0.39 is 28.9 Å². The number of carbonyl (C=O) groups is 3. The number of amides is 2. The molecular formula is C32H37Cl2N3O4. The first kappa shape index (κ1) is 28.5. The molecule has 3 fully saturated rings. The number of nitrogens with one attached hydrogen (secondary N) is 3. The van der Waals surface area contributed by atoms with E-state index in [1.165, 1.54) is 0 Å². The number of carbonyl (C=O) groups excluding carboxylic acids is 2. The molecule has 218 valence electrons. The van der Waals surface area contributed by atoms with Crippen molar-refractivity contribution < 1.29 is 19.5 Å². The van der Waals surface area contributed by atoms with Crippen LogP contribution < -0.4 is 16.0 Å². The number of carboxylic acids is 1. The minimum absolute atomic E-state index is 0.103. The minimum atomic E-state index is -1.04. The largest absolute Gasteiger partial charge is 0.481 e. The lowest BCUT2D eigenvalue weighted by molar-refractivity contribution is -0.142. The highest BCUT2D eigenvalue weighted by molar-refractivity contribution is 6.31. The number of anilines is 1. The summed E-state index contributed by atoms with van der Waals surface area (Å²) in [7, 11) is 0. The highest BCUT2D eigenvalue weighted by Crippen LogP contribution is 2.63. The molecule has 0 radical (unpaired) electrons. The molecule has 0 aromatic heterocycles. The summed E-state index contributed by atoms with van der Waals surface area (Å²) in [6.07, 6.45) is 7.54. The zero-order chi connectivity index (χ0) is 28.9. The standard InChI is InChI=1S/C32H37Cl2N3O4/c1-2-21-22(7-6-8-24(21)34)26-27(28(38)35-20-12-9-18(10-13-20)29(39)40)37-31(15-4-3-5-16-31)32(26)23-14-11-19(33)17-25(23)36-30(32)41/h6-8,11,14,17-18,20,26-27,37H,2-5,9-10,12-13,15-16H2,1H3,(H,35,38)(H,36,41)(H,39,40)/t18?,20?,26-,27+,32+/m0/s1. The van der Waals surface area contributed by atoms with Gasteiger partial charge >= 0.3 is 5.97 Å². The van der Waals surface area contributed by atoms with Crippen molar-refractivity contribution in [2.75, 3.05) is 5.32 Å². The normalized spacial score (nSPS) is 30.3. The van der Waals surface area contributed by atoms with Crippen LogP contribution in [-0.2, 0) is 26.2 Å². The van der Waals surface area contributed by atoms with Crippen LogP contribution >= 0.6 is 23.2 Å². The molecule has 1 saturated heterocycles. The zero-order valence-electron chi connectivity index (χ0n) is 23.3. The summed E-state index contributed by atoms with van der Waals surface area (Å²) >= 11 is 13.2. The van der Waals surface area contributed by atoms with E-state index >= 15 is 0 Å². The molecule has 4 aliphatic rings. The van der Waals surface area contributed by atoms with Gasteiger partial charge in [0.2, 0.25) is 11.8 Å². The zero-order valence-corrected chi connectivity index (χ0v) is 24.8. The highest BCUT2D eigenvalue weighted by atomic mass is 35.5. The van der Waals surface area contributed by atoms with Crippen molar-refractivity contribution in [3.05, 3.63) is 63.1 Å². The molecule has 2 spiro atoms. The van der Waals surface area contributed by atoms with Crippen LogP contribution in [-0.4, -0.2) is 40.5 Å². The van der Waals surface area contributed by atoms with Crippen LogP contribution in [0.25, 0.3) is 0 Å². The second-order valence-electron chi connectivity index (χ2n) is 12.3. The second kappa shape index (κ2) is 10.9. The second-order valence-corrected chi connectivity index (χ2v) is 13.1. The fourth-order valence-electron chi connectivity index (χ4n) is 8.47. The number of benzene rings is 2. The average molecular weight is 599 g/mol. The molecule has 2 aromatic rings. The predicted octanol–water partition coefficient (Wildman–Crippen LogP) is 5.96. The van der Waals surface area contributed by atoms with Gasteiger partial charge in [0.15, 0.2) is 0 Å². The van der Waals surface area contributed by atoms with Gasteiger partial charge in [0.25, 0.3) is 0 Å². The molecule has 41 heavy (non-hydrogen) atoms. The molecule has 6 rings (SSSR count). The van der Waals surface area contributed by atoms with E-state index in [1.54, 1.807) is 0 Å². The molecule has 2 aliphatic carbocycles. The van der Waals surface area contributed by atoms with Crippen molar-refractivity contribution in [1.82, 2.24) is 10.6 Å². The topological polar surface area (TPSA) is 108 Å². The number of fused-ring (bicyclic) bond motifs is 3. The molecule has 9 heteroatoms. The van der Waals surface area contributed by atoms with E-state index in [1.807, 2.05) is 36.4 Å². The van der Waals surface area contributed by atoms with E-state index in [9.17, 15) is 19.5 Å². The number of hydrogen-bond donors (Lipinski definition) is 4. The van der Waals surface area contributed by atoms with Gasteiger partial charge in [0.1, 0.15) is 5.41 Å². The van der Waals surface area contributed by atoms with E-state index in [-0.39, 0.29) is 23.8 Å². The number of hydrogen-bond acceptors (Lipinski definition) is 4. The van der Waals surface area contributed by atoms with Crippen molar-refractivity contribution in [3.63, 3.8) is 0 Å². The van der Waals surface area contributed by atoms with Crippen molar-refractivity contribution in [2.24, 2.45) is 5.92 Å². The van der Waals surface area contributed by atoms with Gasteiger partial charge in [-0.25, -0.2) is 0 Å². The first-order valence-corrected chi connectivity index (χ1v) is 15.7. The molecule has 2 saturated carbocycles. The van der Waals surface area contributed by atoms with Gasteiger partial charge in [-0.05, 0) is 79.8 Å². The van der Waals surface area contributed by atoms with Crippen LogP contribution in [0.4, 0.5) is 5.69 Å². The molecular weight excluding hydrogens is 561 g/mol. The molecule has 4 N–H and O–H groups in total. The molecule has 0 unspecified atom stereocenters. The predicted molar refractivity (Wildman–Crippen MR) is 160 cm³/mol. The Morgan fingerprint density at radius 2 is 1.78 bits per heavy atom. The summed E-state index contributed by atoms with van der Waals surface area (Å²) < 4.78 is 0. The lowest BCUT2D eigenvalue weighted by Gasteiger charge is -2.47. The molecule has 2 amide bonds. The van der Waals surface area contributed by atoms with Crippen molar-refractivity contribution in [2.45, 2.75) is 100 Å². The Morgan fingerprint density at radius 1 is 1.05 bits per heavy atom. The van der Waals surface area contributed by atoms with Crippen molar-refractivity contribution >= 4 is 46.7 Å². The Morgan fingerprint density at radius 3 is 2.46 bits per heavy atom. The number of aliphatic carboxylic acids is 1. The van der Waals surface area contributed by atoms with Gasteiger partial charge in [-0.15, -0.1) is 0 Å². The van der Waals surface area contributed by atoms with Crippen LogP contribution in [0.5, 0.6) is 0 Å². The SMILES string of the molecule is CCc1c(Cl)cccc1[C@H]1[C@H](C(=O)NC2CCC(C(=O)O)CC2)NC2(CCCCC2)[C@@]12C(=O)Nc1cc(Cl)ccc12. The van der Waals surface area contributed by atoms with Gasteiger partial charge in [0.05, 0.1) is 12.0 Å². The Hall–Kier alpha value is -2.61. The van der Waals surface area contributed by atoms with Gasteiger partial charge < -0.3 is 15.7 Å². The summed E-state index contributed by atoms with van der Waals surface area (Å²) in [6.45, 7) is 2.05. The van der Waals surface area contributed by atoms with E-state index in [0.29, 0.717) is 47.8 Å². The molecule has 2 heterocycles. The summed E-state index contributed by atoms with van der Waals surface area (Å²) in [6, 6.07) is 10.6. The Kier molecular flexibility index (Phi) is 7.58. The summed E-state index contributed by atoms with van der Waals surface area (Å²) in [5.74, 6) is -1.89. The van der Waals surface area contributed by atoms with Crippen LogP contribution in [0.1, 0.15) is 87.3 Å².